The summed E-state index contributed by atoms with van der Waals surface area (Å²) in [4.78, 5) is 0. The molecule has 0 unspecified atom stereocenters. The minimum absolute atomic E-state index is 0. The molecule has 0 aliphatic heterocycles. The molecule has 0 amide bonds. The van der Waals surface area contributed by atoms with Gasteiger partial charge in [-0.1, -0.05) is 19.3 Å². The van der Waals surface area contributed by atoms with Crippen LogP contribution in [-0.2, 0) is 9.47 Å². The Morgan fingerprint density at radius 3 is 1.23 bits per heavy atom. The molecule has 0 rings (SSSR count). The fraction of sp³-hybridized carbons (Fsp3) is 1.00. The van der Waals surface area contributed by atoms with Crippen molar-refractivity contribution in [3.63, 3.8) is 0 Å². The molecule has 0 aromatic carbocycles. The summed E-state index contributed by atoms with van der Waals surface area (Å²) in [7, 11) is 3.51. The van der Waals surface area contributed by atoms with Crippen molar-refractivity contribution in [1.82, 2.24) is 0 Å². The molecule has 0 aromatic heterocycles. The molecule has 2 nitrogen and oxygen atoms in total. The van der Waals surface area contributed by atoms with Crippen LogP contribution in [0.2, 0.25) is 0 Å². The lowest BCUT2D eigenvalue weighted by Crippen LogP contribution is -1.90. The van der Waals surface area contributed by atoms with Gasteiger partial charge in [-0.3, -0.25) is 0 Å². The van der Waals surface area contributed by atoms with E-state index < -0.39 is 0 Å². The van der Waals surface area contributed by atoms with Crippen molar-refractivity contribution in [1.29, 1.82) is 0 Å². The predicted molar refractivity (Wildman–Crippen MR) is 61.3 cm³/mol. The number of unbranched alkanes of at least 4 members (excludes halogenated alkanes) is 4. The van der Waals surface area contributed by atoms with Crippen LogP contribution in [0.3, 0.4) is 0 Å². The van der Waals surface area contributed by atoms with Crippen molar-refractivity contribution in [2.24, 2.45) is 0 Å². The zero-order chi connectivity index (χ0) is 8.36. The van der Waals surface area contributed by atoms with E-state index in [2.05, 4.69) is 0 Å². The molecule has 0 N–H and O–H groups in total. The van der Waals surface area contributed by atoms with Crippen LogP contribution >= 0.6 is 24.8 Å². The summed E-state index contributed by atoms with van der Waals surface area (Å²) < 4.78 is 9.89. The first kappa shape index (κ1) is 19.1. The predicted octanol–water partition coefficient (Wildman–Crippen LogP) is 3.07. The maximum absolute atomic E-state index is 4.94. The third-order valence-corrected chi connectivity index (χ3v) is 1.70. The number of hydrogen-bond donors (Lipinski definition) is 0. The molecular weight excluding hydrogens is 211 g/mol. The molecule has 0 heterocycles. The van der Waals surface area contributed by atoms with E-state index in [1.54, 1.807) is 14.2 Å². The number of rotatable bonds is 8. The van der Waals surface area contributed by atoms with Gasteiger partial charge in [0, 0.05) is 27.4 Å². The summed E-state index contributed by atoms with van der Waals surface area (Å²) in [5.74, 6) is 0. The molecule has 0 spiro atoms. The monoisotopic (exact) mass is 232 g/mol. The minimum atomic E-state index is 0. The molecule has 13 heavy (non-hydrogen) atoms. The second-order valence-corrected chi connectivity index (χ2v) is 2.75. The second-order valence-electron chi connectivity index (χ2n) is 2.75. The maximum Gasteiger partial charge on any atom is 0.0462 e. The average Bonchev–Trinajstić information content (AvgIpc) is 2.03. The van der Waals surface area contributed by atoms with Gasteiger partial charge in [0.05, 0.1) is 0 Å². The summed E-state index contributed by atoms with van der Waals surface area (Å²) in [6, 6.07) is 0. The van der Waals surface area contributed by atoms with Crippen molar-refractivity contribution in [2.75, 3.05) is 27.4 Å². The third-order valence-electron chi connectivity index (χ3n) is 1.70. The molecular formula is C9H22Cl2O2. The zero-order valence-electron chi connectivity index (χ0n) is 8.58. The Labute approximate surface area is 94.2 Å². The van der Waals surface area contributed by atoms with Crippen LogP contribution in [0.15, 0.2) is 0 Å². The Balaban J connectivity index is -0.000000500. The van der Waals surface area contributed by atoms with E-state index in [0.29, 0.717) is 0 Å². The van der Waals surface area contributed by atoms with E-state index in [0.717, 1.165) is 13.2 Å². The molecule has 0 aliphatic carbocycles. The van der Waals surface area contributed by atoms with E-state index in [1.165, 1.54) is 32.1 Å². The molecule has 0 aromatic rings. The van der Waals surface area contributed by atoms with Gasteiger partial charge in [0.25, 0.3) is 0 Å². The summed E-state index contributed by atoms with van der Waals surface area (Å²) in [5.41, 5.74) is 0. The maximum atomic E-state index is 4.94. The van der Waals surface area contributed by atoms with Crippen LogP contribution in [0.25, 0.3) is 0 Å². The SMILES string of the molecule is COCCCCCCCOC.Cl.Cl. The summed E-state index contributed by atoms with van der Waals surface area (Å²) in [5, 5.41) is 0. The van der Waals surface area contributed by atoms with E-state index in [4.69, 9.17) is 9.47 Å². The van der Waals surface area contributed by atoms with Crippen molar-refractivity contribution in [3.8, 4) is 0 Å². The summed E-state index contributed by atoms with van der Waals surface area (Å²) in [6.45, 7) is 1.81. The highest BCUT2D eigenvalue weighted by Crippen LogP contribution is 2.02. The zero-order valence-corrected chi connectivity index (χ0v) is 10.2. The van der Waals surface area contributed by atoms with Gasteiger partial charge >= 0.3 is 0 Å². The molecule has 0 atom stereocenters. The van der Waals surface area contributed by atoms with E-state index >= 15 is 0 Å². The number of hydrogen-bond acceptors (Lipinski definition) is 2. The first-order valence-electron chi connectivity index (χ1n) is 4.39. The van der Waals surface area contributed by atoms with Crippen LogP contribution in [0.1, 0.15) is 32.1 Å². The largest absolute Gasteiger partial charge is 0.385 e. The summed E-state index contributed by atoms with van der Waals surface area (Å²) in [6.07, 6.45) is 6.29. The normalized spacial score (nSPS) is 8.77. The van der Waals surface area contributed by atoms with Crippen LogP contribution < -0.4 is 0 Å². The molecule has 0 saturated heterocycles. The highest BCUT2D eigenvalue weighted by molar-refractivity contribution is 5.85. The van der Waals surface area contributed by atoms with Gasteiger partial charge in [0.1, 0.15) is 0 Å². The first-order chi connectivity index (χ1) is 5.41. The highest BCUT2D eigenvalue weighted by atomic mass is 35.5. The van der Waals surface area contributed by atoms with E-state index in [-0.39, 0.29) is 24.8 Å². The van der Waals surface area contributed by atoms with Crippen LogP contribution in [-0.4, -0.2) is 27.4 Å². The van der Waals surface area contributed by atoms with Crippen molar-refractivity contribution < 1.29 is 9.47 Å². The smallest absolute Gasteiger partial charge is 0.0462 e. The number of halogens is 2. The first-order valence-corrected chi connectivity index (χ1v) is 4.39. The van der Waals surface area contributed by atoms with Gasteiger partial charge < -0.3 is 9.47 Å². The minimum Gasteiger partial charge on any atom is -0.385 e. The molecule has 4 heteroatoms. The van der Waals surface area contributed by atoms with Crippen molar-refractivity contribution >= 4 is 24.8 Å². The topological polar surface area (TPSA) is 18.5 Å². The van der Waals surface area contributed by atoms with Gasteiger partial charge in [-0.2, -0.15) is 0 Å². The van der Waals surface area contributed by atoms with Gasteiger partial charge in [-0.25, -0.2) is 0 Å². The fourth-order valence-corrected chi connectivity index (χ4v) is 1.02. The average molecular weight is 233 g/mol. The van der Waals surface area contributed by atoms with Crippen molar-refractivity contribution in [2.45, 2.75) is 32.1 Å². The highest BCUT2D eigenvalue weighted by Gasteiger charge is 1.89. The summed E-state index contributed by atoms with van der Waals surface area (Å²) >= 11 is 0. The van der Waals surface area contributed by atoms with Gasteiger partial charge in [-0.15, -0.1) is 24.8 Å². The van der Waals surface area contributed by atoms with E-state index in [9.17, 15) is 0 Å². The van der Waals surface area contributed by atoms with Gasteiger partial charge in [-0.05, 0) is 12.8 Å². The Kier molecular flexibility index (Phi) is 27.0. The fourth-order valence-electron chi connectivity index (χ4n) is 1.02. The molecule has 0 saturated carbocycles. The lowest BCUT2D eigenvalue weighted by molar-refractivity contribution is 0.185. The van der Waals surface area contributed by atoms with Crippen molar-refractivity contribution in [3.05, 3.63) is 0 Å². The number of methoxy groups -OCH3 is 2. The Morgan fingerprint density at radius 1 is 0.615 bits per heavy atom. The van der Waals surface area contributed by atoms with E-state index in [1.807, 2.05) is 0 Å². The third kappa shape index (κ3) is 19.1. The molecule has 0 fully saturated rings. The standard InChI is InChI=1S/C9H20O2.2ClH/c1-10-8-6-4-3-5-7-9-11-2;;/h3-9H2,1-2H3;2*1H. The van der Waals surface area contributed by atoms with Gasteiger partial charge in [0.2, 0.25) is 0 Å². The van der Waals surface area contributed by atoms with Crippen LogP contribution in [0.4, 0.5) is 0 Å². The Hall–Kier alpha value is 0.500. The lowest BCUT2D eigenvalue weighted by Gasteiger charge is -1.99. The van der Waals surface area contributed by atoms with Crippen LogP contribution in [0, 0.1) is 0 Å². The quantitative estimate of drug-likeness (QED) is 0.600. The molecule has 84 valence electrons. The molecule has 0 aliphatic rings. The van der Waals surface area contributed by atoms with Crippen LogP contribution in [0.5, 0.6) is 0 Å². The molecule has 0 radical (unpaired) electrons. The molecule has 0 bridgehead atoms. The lowest BCUT2D eigenvalue weighted by atomic mass is 10.1. The second kappa shape index (κ2) is 18.3. The number of ether oxygens (including phenoxy) is 2. The van der Waals surface area contributed by atoms with Gasteiger partial charge in [0.15, 0.2) is 0 Å². The Bertz CT molecular complexity index is 64.6. The Morgan fingerprint density at radius 2 is 0.923 bits per heavy atom.